The summed E-state index contributed by atoms with van der Waals surface area (Å²) < 4.78 is 10.8. The minimum Gasteiger partial charge on any atom is -0.493 e. The van der Waals surface area contributed by atoms with Gasteiger partial charge in [0.1, 0.15) is 0 Å². The average molecular weight is 427 g/mol. The van der Waals surface area contributed by atoms with E-state index in [1.165, 1.54) is 4.90 Å². The lowest BCUT2D eigenvalue weighted by Crippen LogP contribution is -2.43. The lowest BCUT2D eigenvalue weighted by molar-refractivity contribution is -0.140. The van der Waals surface area contributed by atoms with Crippen molar-refractivity contribution in [3.63, 3.8) is 0 Å². The molecule has 0 spiro atoms. The summed E-state index contributed by atoms with van der Waals surface area (Å²) in [6.07, 6.45) is 5.17. The highest BCUT2D eigenvalue weighted by atomic mass is 16.5. The zero-order valence-electron chi connectivity index (χ0n) is 18.3. The largest absolute Gasteiger partial charge is 0.493 e. The Morgan fingerprint density at radius 3 is 2.42 bits per heavy atom. The molecule has 8 heteroatoms. The Bertz CT molecular complexity index is 883. The molecule has 2 fully saturated rings. The smallest absolute Gasteiger partial charge is 0.233 e. The summed E-state index contributed by atoms with van der Waals surface area (Å²) in [5.41, 5.74) is 0.903. The number of methoxy groups -OCH3 is 2. The SMILES string of the molecule is CCNC(=NCc1cccc(OC)c1OC)NCCN1C(=O)C2C3C=CC(C3)C2C1=O. The number of guanidine groups is 1. The van der Waals surface area contributed by atoms with Crippen LogP contribution in [0.25, 0.3) is 0 Å². The summed E-state index contributed by atoms with van der Waals surface area (Å²) in [6, 6.07) is 5.68. The monoisotopic (exact) mass is 426 g/mol. The van der Waals surface area contributed by atoms with Crippen molar-refractivity contribution < 1.29 is 19.1 Å². The second kappa shape index (κ2) is 8.99. The fraction of sp³-hybridized carbons (Fsp3) is 0.522. The summed E-state index contributed by atoms with van der Waals surface area (Å²) in [7, 11) is 3.21. The molecule has 2 bridgehead atoms. The van der Waals surface area contributed by atoms with Crippen LogP contribution < -0.4 is 20.1 Å². The first-order valence-corrected chi connectivity index (χ1v) is 10.8. The van der Waals surface area contributed by atoms with Crippen LogP contribution in [0.15, 0.2) is 35.3 Å². The number of fused-ring (bicyclic) bond motifs is 5. The Morgan fingerprint density at radius 2 is 1.81 bits per heavy atom. The lowest BCUT2D eigenvalue weighted by Gasteiger charge is -2.18. The number of rotatable bonds is 8. The highest BCUT2D eigenvalue weighted by Gasteiger charge is 2.58. The third-order valence-electron chi connectivity index (χ3n) is 6.43. The minimum absolute atomic E-state index is 0.0169. The molecule has 3 aliphatic rings. The van der Waals surface area contributed by atoms with E-state index in [1.807, 2.05) is 25.1 Å². The molecule has 0 aromatic heterocycles. The van der Waals surface area contributed by atoms with Crippen molar-refractivity contribution in [2.24, 2.45) is 28.7 Å². The van der Waals surface area contributed by atoms with Crippen LogP contribution in [0.5, 0.6) is 11.5 Å². The number of aliphatic imine (C=N–C) groups is 1. The number of imide groups is 1. The Kier molecular flexibility index (Phi) is 6.15. The molecule has 4 unspecified atom stereocenters. The van der Waals surface area contributed by atoms with Gasteiger partial charge in [0.25, 0.3) is 0 Å². The Labute approximate surface area is 182 Å². The first kappa shape index (κ1) is 21.2. The molecule has 1 saturated heterocycles. The quantitative estimate of drug-likeness (QED) is 0.284. The predicted octanol–water partition coefficient (Wildman–Crippen LogP) is 1.57. The van der Waals surface area contributed by atoms with Gasteiger partial charge in [-0.2, -0.15) is 0 Å². The maximum absolute atomic E-state index is 12.8. The first-order valence-electron chi connectivity index (χ1n) is 10.8. The molecule has 2 N–H and O–H groups in total. The van der Waals surface area contributed by atoms with Gasteiger partial charge in [0.15, 0.2) is 17.5 Å². The molecule has 4 rings (SSSR count). The number of nitrogens with zero attached hydrogens (tertiary/aromatic N) is 2. The minimum atomic E-state index is -0.148. The van der Waals surface area contributed by atoms with Crippen molar-refractivity contribution in [2.75, 3.05) is 33.9 Å². The van der Waals surface area contributed by atoms with Crippen molar-refractivity contribution in [2.45, 2.75) is 19.9 Å². The molecule has 1 aliphatic heterocycles. The van der Waals surface area contributed by atoms with Crippen LogP contribution in [0, 0.1) is 23.7 Å². The summed E-state index contributed by atoms with van der Waals surface area (Å²) in [5.74, 6) is 2.08. The van der Waals surface area contributed by atoms with Crippen LogP contribution in [-0.4, -0.2) is 56.5 Å². The first-order chi connectivity index (χ1) is 15.1. The van der Waals surface area contributed by atoms with Crippen LogP contribution in [0.2, 0.25) is 0 Å². The molecule has 1 aromatic carbocycles. The number of allylic oxidation sites excluding steroid dienone is 2. The highest BCUT2D eigenvalue weighted by molar-refractivity contribution is 6.06. The number of para-hydroxylation sites is 1. The fourth-order valence-electron chi connectivity index (χ4n) is 5.05. The van der Waals surface area contributed by atoms with E-state index in [-0.39, 0.29) is 35.5 Å². The highest BCUT2D eigenvalue weighted by Crippen LogP contribution is 2.52. The standard InChI is InChI=1S/C23H30N4O4/c1-4-24-23(26-13-16-6-5-7-17(30-2)20(16)31-3)25-10-11-27-21(28)18-14-8-9-15(12-14)19(18)22(27)29/h5-9,14-15,18-19H,4,10-13H2,1-3H3,(H2,24,25,26). The number of hydrogen-bond acceptors (Lipinski definition) is 5. The number of hydrogen-bond donors (Lipinski definition) is 2. The molecule has 31 heavy (non-hydrogen) atoms. The number of benzene rings is 1. The summed E-state index contributed by atoms with van der Waals surface area (Å²) in [6.45, 7) is 3.87. The zero-order chi connectivity index (χ0) is 22.0. The Morgan fingerprint density at radius 1 is 1.10 bits per heavy atom. The lowest BCUT2D eigenvalue weighted by atomic mass is 9.85. The molecule has 2 amide bonds. The van der Waals surface area contributed by atoms with Crippen LogP contribution in [0.1, 0.15) is 18.9 Å². The van der Waals surface area contributed by atoms with Gasteiger partial charge in [0, 0.05) is 25.2 Å². The van der Waals surface area contributed by atoms with E-state index in [0.29, 0.717) is 43.6 Å². The Balaban J connectivity index is 1.36. The molecule has 0 radical (unpaired) electrons. The molecular formula is C23H30N4O4. The van der Waals surface area contributed by atoms with E-state index < -0.39 is 0 Å². The van der Waals surface area contributed by atoms with Gasteiger partial charge in [-0.3, -0.25) is 14.5 Å². The summed E-state index contributed by atoms with van der Waals surface area (Å²) >= 11 is 0. The normalized spacial score (nSPS) is 26.4. The van der Waals surface area contributed by atoms with E-state index in [2.05, 4.69) is 27.8 Å². The molecule has 8 nitrogen and oxygen atoms in total. The van der Waals surface area contributed by atoms with Crippen molar-refractivity contribution in [1.82, 2.24) is 15.5 Å². The second-order valence-electron chi connectivity index (χ2n) is 8.10. The van der Waals surface area contributed by atoms with Gasteiger partial charge in [-0.15, -0.1) is 0 Å². The van der Waals surface area contributed by atoms with Crippen molar-refractivity contribution in [1.29, 1.82) is 0 Å². The summed E-state index contributed by atoms with van der Waals surface area (Å²) in [5, 5.41) is 6.43. The molecule has 1 saturated carbocycles. The van der Waals surface area contributed by atoms with Crippen molar-refractivity contribution >= 4 is 17.8 Å². The molecule has 166 valence electrons. The second-order valence-corrected chi connectivity index (χ2v) is 8.10. The third kappa shape index (κ3) is 3.86. The van der Waals surface area contributed by atoms with Crippen molar-refractivity contribution in [3.8, 4) is 11.5 Å². The van der Waals surface area contributed by atoms with Gasteiger partial charge < -0.3 is 20.1 Å². The maximum Gasteiger partial charge on any atom is 0.233 e. The molecule has 2 aliphatic carbocycles. The zero-order valence-corrected chi connectivity index (χ0v) is 18.3. The van der Waals surface area contributed by atoms with Gasteiger partial charge in [0.2, 0.25) is 11.8 Å². The maximum atomic E-state index is 12.8. The third-order valence-corrected chi connectivity index (χ3v) is 6.43. The van der Waals surface area contributed by atoms with Crippen LogP contribution in [0.4, 0.5) is 0 Å². The van der Waals surface area contributed by atoms with E-state index in [1.54, 1.807) is 14.2 Å². The molecule has 1 heterocycles. The van der Waals surface area contributed by atoms with Gasteiger partial charge in [-0.05, 0) is 31.2 Å². The topological polar surface area (TPSA) is 92.3 Å². The number of ether oxygens (including phenoxy) is 2. The van der Waals surface area contributed by atoms with Gasteiger partial charge in [-0.1, -0.05) is 24.3 Å². The number of nitrogens with one attached hydrogen (secondary N) is 2. The Hall–Kier alpha value is -3.03. The van der Waals surface area contributed by atoms with Crippen molar-refractivity contribution in [3.05, 3.63) is 35.9 Å². The fourth-order valence-corrected chi connectivity index (χ4v) is 5.05. The van der Waals surface area contributed by atoms with Crippen LogP contribution in [0.3, 0.4) is 0 Å². The number of carbonyl (C=O) groups excluding carboxylic acids is 2. The van der Waals surface area contributed by atoms with E-state index >= 15 is 0 Å². The van der Waals surface area contributed by atoms with Gasteiger partial charge in [-0.25, -0.2) is 4.99 Å². The average Bonchev–Trinajstić information content (AvgIpc) is 3.46. The van der Waals surface area contributed by atoms with E-state index in [0.717, 1.165) is 12.0 Å². The van der Waals surface area contributed by atoms with Gasteiger partial charge >= 0.3 is 0 Å². The molecular weight excluding hydrogens is 396 g/mol. The van der Waals surface area contributed by atoms with Crippen LogP contribution >= 0.6 is 0 Å². The van der Waals surface area contributed by atoms with Crippen LogP contribution in [-0.2, 0) is 16.1 Å². The molecule has 1 aromatic rings. The molecule has 4 atom stereocenters. The number of likely N-dealkylation sites (tertiary alicyclic amines) is 1. The predicted molar refractivity (Wildman–Crippen MR) is 117 cm³/mol. The number of carbonyl (C=O) groups is 2. The van der Waals surface area contributed by atoms with Gasteiger partial charge in [0.05, 0.1) is 32.6 Å². The number of amides is 2. The van der Waals surface area contributed by atoms with E-state index in [4.69, 9.17) is 9.47 Å². The van der Waals surface area contributed by atoms with E-state index in [9.17, 15) is 9.59 Å². The summed E-state index contributed by atoms with van der Waals surface area (Å²) in [4.78, 5) is 31.7.